The van der Waals surface area contributed by atoms with Gasteiger partial charge in [0.15, 0.2) is 11.5 Å². The lowest BCUT2D eigenvalue weighted by Gasteiger charge is -2.26. The van der Waals surface area contributed by atoms with Gasteiger partial charge in [0.1, 0.15) is 0 Å². The van der Waals surface area contributed by atoms with Gasteiger partial charge in [0.05, 0.1) is 20.3 Å². The van der Waals surface area contributed by atoms with Crippen LogP contribution in [0.1, 0.15) is 11.1 Å². The van der Waals surface area contributed by atoms with Crippen LogP contribution in [0.5, 0.6) is 11.5 Å². The Morgan fingerprint density at radius 1 is 1.15 bits per heavy atom. The Morgan fingerprint density at radius 3 is 2.46 bits per heavy atom. The Hall–Kier alpha value is -2.50. The molecule has 1 fully saturated rings. The molecule has 0 spiro atoms. The van der Waals surface area contributed by atoms with Crippen molar-refractivity contribution in [2.45, 2.75) is 0 Å². The molecule has 0 aliphatic carbocycles. The van der Waals surface area contributed by atoms with Crippen LogP contribution in [0.25, 0.3) is 5.57 Å². The highest BCUT2D eigenvalue weighted by molar-refractivity contribution is 6.30. The van der Waals surface area contributed by atoms with Gasteiger partial charge in [0, 0.05) is 24.2 Å². The number of benzene rings is 2. The predicted molar refractivity (Wildman–Crippen MR) is 101 cm³/mol. The number of ether oxygens (including phenoxy) is 2. The quantitative estimate of drug-likeness (QED) is 0.835. The van der Waals surface area contributed by atoms with Crippen LogP contribution >= 0.6 is 11.6 Å². The molecule has 1 saturated heterocycles. The van der Waals surface area contributed by atoms with E-state index >= 15 is 0 Å². The number of carbonyl (C=O) groups is 1. The average Bonchev–Trinajstić information content (AvgIpc) is 2.68. The smallest absolute Gasteiger partial charge is 0.247 e. The number of rotatable bonds is 4. The van der Waals surface area contributed by atoms with E-state index in [1.54, 1.807) is 41.3 Å². The Labute approximate surface area is 157 Å². The van der Waals surface area contributed by atoms with E-state index in [1.165, 1.54) is 7.11 Å². The minimum absolute atomic E-state index is 0.0474. The number of carbonyl (C=O) groups excluding carboxylic acids is 1. The fraction of sp³-hybridized carbons (Fsp3) is 0.250. The third kappa shape index (κ3) is 4.18. The van der Waals surface area contributed by atoms with Crippen LogP contribution < -0.4 is 4.74 Å². The molecule has 1 N–H and O–H groups in total. The molecule has 5 nitrogen and oxygen atoms in total. The Kier molecular flexibility index (Phi) is 5.81. The average molecular weight is 374 g/mol. The second-order valence-electron chi connectivity index (χ2n) is 5.89. The Balaban J connectivity index is 2.02. The highest BCUT2D eigenvalue weighted by Gasteiger charge is 2.17. The third-order valence-electron chi connectivity index (χ3n) is 4.24. The molecule has 2 aromatic carbocycles. The number of aromatic hydroxyl groups is 1. The number of methoxy groups -OCH3 is 1. The van der Waals surface area contributed by atoms with Crippen LogP contribution in [0.15, 0.2) is 48.5 Å². The van der Waals surface area contributed by atoms with Crippen molar-refractivity contribution < 1.29 is 19.4 Å². The van der Waals surface area contributed by atoms with E-state index < -0.39 is 0 Å². The summed E-state index contributed by atoms with van der Waals surface area (Å²) in [5.74, 6) is 0.317. The van der Waals surface area contributed by atoms with Crippen LogP contribution in [0.3, 0.4) is 0 Å². The first-order chi connectivity index (χ1) is 12.6. The van der Waals surface area contributed by atoms with Crippen molar-refractivity contribution in [1.29, 1.82) is 0 Å². The van der Waals surface area contributed by atoms with Crippen molar-refractivity contribution >= 4 is 23.1 Å². The maximum atomic E-state index is 12.7. The van der Waals surface area contributed by atoms with Gasteiger partial charge in [-0.2, -0.15) is 0 Å². The Bertz CT molecular complexity index is 811. The number of halogens is 1. The maximum absolute atomic E-state index is 12.7. The minimum atomic E-state index is -0.0784. The molecule has 0 radical (unpaired) electrons. The number of hydrogen-bond acceptors (Lipinski definition) is 4. The van der Waals surface area contributed by atoms with Gasteiger partial charge in [-0.1, -0.05) is 29.8 Å². The second kappa shape index (κ2) is 8.25. The molecule has 0 saturated carbocycles. The summed E-state index contributed by atoms with van der Waals surface area (Å²) in [4.78, 5) is 14.5. The molecule has 0 bridgehead atoms. The second-order valence-corrected chi connectivity index (χ2v) is 6.33. The van der Waals surface area contributed by atoms with E-state index in [2.05, 4.69) is 0 Å². The molecule has 136 valence electrons. The maximum Gasteiger partial charge on any atom is 0.247 e. The number of amides is 1. The number of hydrogen-bond donors (Lipinski definition) is 1. The summed E-state index contributed by atoms with van der Waals surface area (Å²) < 4.78 is 10.5. The van der Waals surface area contributed by atoms with Crippen molar-refractivity contribution in [1.82, 2.24) is 4.90 Å². The summed E-state index contributed by atoms with van der Waals surface area (Å²) in [5.41, 5.74) is 2.35. The predicted octanol–water partition coefficient (Wildman–Crippen LogP) is 3.34. The van der Waals surface area contributed by atoms with E-state index in [0.717, 1.165) is 16.7 Å². The van der Waals surface area contributed by atoms with Crippen LogP contribution in [0, 0.1) is 0 Å². The normalized spacial score (nSPS) is 15.0. The zero-order valence-electron chi connectivity index (χ0n) is 14.4. The van der Waals surface area contributed by atoms with Crippen LogP contribution in [-0.4, -0.2) is 49.3 Å². The summed E-state index contributed by atoms with van der Waals surface area (Å²) in [5, 5.41) is 10.5. The van der Waals surface area contributed by atoms with Gasteiger partial charge in [-0.25, -0.2) is 0 Å². The molecule has 0 unspecified atom stereocenters. The van der Waals surface area contributed by atoms with Gasteiger partial charge in [0.2, 0.25) is 5.91 Å². The number of nitrogens with zero attached hydrogens (tertiary/aromatic N) is 1. The summed E-state index contributed by atoms with van der Waals surface area (Å²) in [6, 6.07) is 12.3. The van der Waals surface area contributed by atoms with E-state index in [1.807, 2.05) is 12.1 Å². The van der Waals surface area contributed by atoms with Crippen LogP contribution in [0.2, 0.25) is 5.02 Å². The van der Waals surface area contributed by atoms with Crippen molar-refractivity contribution in [2.75, 3.05) is 33.4 Å². The fourth-order valence-electron chi connectivity index (χ4n) is 2.81. The van der Waals surface area contributed by atoms with Crippen molar-refractivity contribution in [3.8, 4) is 11.5 Å². The molecule has 26 heavy (non-hydrogen) atoms. The molecular weight excluding hydrogens is 354 g/mol. The van der Waals surface area contributed by atoms with E-state index in [-0.39, 0.29) is 11.7 Å². The van der Waals surface area contributed by atoms with Crippen molar-refractivity contribution in [3.63, 3.8) is 0 Å². The number of phenols is 1. The van der Waals surface area contributed by atoms with Crippen molar-refractivity contribution in [2.24, 2.45) is 0 Å². The molecule has 2 aromatic rings. The lowest BCUT2D eigenvalue weighted by Crippen LogP contribution is -2.39. The first-order valence-electron chi connectivity index (χ1n) is 8.30. The van der Waals surface area contributed by atoms with Gasteiger partial charge in [-0.3, -0.25) is 4.79 Å². The third-order valence-corrected chi connectivity index (χ3v) is 4.49. The first-order valence-corrected chi connectivity index (χ1v) is 8.68. The Morgan fingerprint density at radius 2 is 1.81 bits per heavy atom. The molecule has 0 atom stereocenters. The van der Waals surface area contributed by atoms with Crippen LogP contribution in [0.4, 0.5) is 0 Å². The molecule has 1 amide bonds. The summed E-state index contributed by atoms with van der Waals surface area (Å²) >= 11 is 6.00. The molecule has 0 aromatic heterocycles. The van der Waals surface area contributed by atoms with Gasteiger partial charge in [-0.15, -0.1) is 0 Å². The van der Waals surface area contributed by atoms with E-state index in [9.17, 15) is 9.90 Å². The lowest BCUT2D eigenvalue weighted by atomic mass is 9.97. The fourth-order valence-corrected chi connectivity index (χ4v) is 2.93. The standard InChI is InChI=1S/C20H20ClNO4/c1-25-19-12-15(4-7-18(19)23)17(14-2-5-16(21)6-3-14)13-20(24)22-8-10-26-11-9-22/h2-7,12-13,23H,8-11H2,1H3/b17-13-. The van der Waals surface area contributed by atoms with E-state index in [0.29, 0.717) is 37.1 Å². The monoisotopic (exact) mass is 373 g/mol. The first kappa shape index (κ1) is 18.3. The SMILES string of the molecule is COc1cc(/C(=C\C(=O)N2CCOCC2)c2ccc(Cl)cc2)ccc1O. The molecule has 3 rings (SSSR count). The van der Waals surface area contributed by atoms with Gasteiger partial charge in [0.25, 0.3) is 0 Å². The van der Waals surface area contributed by atoms with Gasteiger partial charge < -0.3 is 19.5 Å². The molecule has 1 aliphatic heterocycles. The topological polar surface area (TPSA) is 59.0 Å². The summed E-state index contributed by atoms with van der Waals surface area (Å²) in [6.45, 7) is 2.23. The summed E-state index contributed by atoms with van der Waals surface area (Å²) in [7, 11) is 1.49. The molecular formula is C20H20ClNO4. The largest absolute Gasteiger partial charge is 0.504 e. The van der Waals surface area contributed by atoms with Gasteiger partial charge >= 0.3 is 0 Å². The van der Waals surface area contributed by atoms with E-state index in [4.69, 9.17) is 21.1 Å². The molecule has 1 aliphatic rings. The highest BCUT2D eigenvalue weighted by atomic mass is 35.5. The lowest BCUT2D eigenvalue weighted by molar-refractivity contribution is -0.129. The van der Waals surface area contributed by atoms with Crippen LogP contribution in [-0.2, 0) is 9.53 Å². The summed E-state index contributed by atoms with van der Waals surface area (Å²) in [6.07, 6.45) is 1.61. The van der Waals surface area contributed by atoms with Crippen molar-refractivity contribution in [3.05, 3.63) is 64.7 Å². The zero-order valence-corrected chi connectivity index (χ0v) is 15.2. The number of morpholine rings is 1. The highest BCUT2D eigenvalue weighted by Crippen LogP contribution is 2.32. The number of phenolic OH excluding ortho intramolecular Hbond substituents is 1. The zero-order chi connectivity index (χ0) is 18.5. The van der Waals surface area contributed by atoms with Gasteiger partial charge in [-0.05, 0) is 41.0 Å². The minimum Gasteiger partial charge on any atom is -0.504 e. The molecule has 1 heterocycles. The molecule has 6 heteroatoms.